The first kappa shape index (κ1) is 13.0. The minimum Gasteiger partial charge on any atom is -0.354 e. The zero-order valence-electron chi connectivity index (χ0n) is 9.91. The average molecular weight is 223 g/mol. The summed E-state index contributed by atoms with van der Waals surface area (Å²) in [4.78, 5) is 13.8. The molecule has 0 aromatic heterocycles. The van der Waals surface area contributed by atoms with Gasteiger partial charge in [-0.15, -0.1) is 12.3 Å². The maximum Gasteiger partial charge on any atom is 0.237 e. The van der Waals surface area contributed by atoms with Crippen LogP contribution in [0.1, 0.15) is 19.3 Å². The number of terminal acetylenes is 1. The number of amides is 1. The lowest BCUT2D eigenvalue weighted by Crippen LogP contribution is -2.44. The molecule has 1 fully saturated rings. The molecule has 1 saturated heterocycles. The van der Waals surface area contributed by atoms with E-state index < -0.39 is 6.04 Å². The number of hydrogen-bond donors (Lipinski definition) is 2. The summed E-state index contributed by atoms with van der Waals surface area (Å²) < 4.78 is 0. The van der Waals surface area contributed by atoms with E-state index in [-0.39, 0.29) is 5.91 Å². The van der Waals surface area contributed by atoms with Crippen molar-refractivity contribution in [1.82, 2.24) is 10.2 Å². The Morgan fingerprint density at radius 3 is 3.12 bits per heavy atom. The molecule has 3 N–H and O–H groups in total. The number of nitrogens with one attached hydrogen (secondary N) is 1. The van der Waals surface area contributed by atoms with Gasteiger partial charge in [0.15, 0.2) is 0 Å². The van der Waals surface area contributed by atoms with Gasteiger partial charge in [-0.05, 0) is 32.4 Å². The number of nitrogens with two attached hydrogens (primary N) is 1. The highest BCUT2D eigenvalue weighted by Crippen LogP contribution is 2.13. The molecular weight excluding hydrogens is 202 g/mol. The Morgan fingerprint density at radius 2 is 2.50 bits per heavy atom. The Bertz CT molecular complexity index is 272. The largest absolute Gasteiger partial charge is 0.354 e. The van der Waals surface area contributed by atoms with Crippen LogP contribution < -0.4 is 11.1 Å². The maximum absolute atomic E-state index is 11.5. The average Bonchev–Trinajstić information content (AvgIpc) is 2.26. The third-order valence-corrected chi connectivity index (χ3v) is 2.96. The van der Waals surface area contributed by atoms with Gasteiger partial charge in [0.2, 0.25) is 5.91 Å². The van der Waals surface area contributed by atoms with Crippen LogP contribution in [0.25, 0.3) is 0 Å². The number of carbonyl (C=O) groups is 1. The SMILES string of the molecule is C#CCC(N)C(=O)NCC1CCCN(C)C1. The van der Waals surface area contributed by atoms with Gasteiger partial charge in [-0.25, -0.2) is 0 Å². The summed E-state index contributed by atoms with van der Waals surface area (Å²) in [6.07, 6.45) is 7.79. The van der Waals surface area contributed by atoms with Crippen LogP contribution in [0.4, 0.5) is 0 Å². The summed E-state index contributed by atoms with van der Waals surface area (Å²) in [6, 6.07) is -0.564. The van der Waals surface area contributed by atoms with Crippen molar-refractivity contribution < 1.29 is 4.79 Å². The summed E-state index contributed by atoms with van der Waals surface area (Å²) in [5.74, 6) is 2.81. The fraction of sp³-hybridized carbons (Fsp3) is 0.750. The molecule has 1 heterocycles. The number of piperidine rings is 1. The standard InChI is InChI=1S/C12H21N3O/c1-3-5-11(13)12(16)14-8-10-6-4-7-15(2)9-10/h1,10-11H,4-9,13H2,2H3,(H,14,16). The van der Waals surface area contributed by atoms with E-state index in [1.54, 1.807) is 0 Å². The summed E-state index contributed by atoms with van der Waals surface area (Å²) in [5, 5.41) is 2.87. The molecule has 0 bridgehead atoms. The van der Waals surface area contributed by atoms with E-state index in [2.05, 4.69) is 23.2 Å². The lowest BCUT2D eigenvalue weighted by molar-refractivity contribution is -0.122. The van der Waals surface area contributed by atoms with Crippen molar-refractivity contribution in [2.75, 3.05) is 26.7 Å². The fourth-order valence-corrected chi connectivity index (χ4v) is 2.04. The number of likely N-dealkylation sites (tertiary alicyclic amines) is 1. The van der Waals surface area contributed by atoms with Crippen molar-refractivity contribution in [2.24, 2.45) is 11.7 Å². The molecular formula is C12H21N3O. The van der Waals surface area contributed by atoms with E-state index in [1.807, 2.05) is 0 Å². The van der Waals surface area contributed by atoms with Crippen LogP contribution >= 0.6 is 0 Å². The zero-order chi connectivity index (χ0) is 12.0. The topological polar surface area (TPSA) is 58.4 Å². The highest BCUT2D eigenvalue weighted by atomic mass is 16.2. The maximum atomic E-state index is 11.5. The molecule has 16 heavy (non-hydrogen) atoms. The van der Waals surface area contributed by atoms with Crippen molar-refractivity contribution >= 4 is 5.91 Å². The van der Waals surface area contributed by atoms with Crippen molar-refractivity contribution in [3.05, 3.63) is 0 Å². The minimum atomic E-state index is -0.564. The second-order valence-corrected chi connectivity index (χ2v) is 4.53. The first-order chi connectivity index (χ1) is 7.63. The fourth-order valence-electron chi connectivity index (χ4n) is 2.04. The summed E-state index contributed by atoms with van der Waals surface area (Å²) in [6.45, 7) is 2.91. The van der Waals surface area contributed by atoms with Gasteiger partial charge in [-0.3, -0.25) is 4.79 Å². The van der Waals surface area contributed by atoms with E-state index in [0.717, 1.165) is 13.1 Å². The van der Waals surface area contributed by atoms with E-state index in [1.165, 1.54) is 12.8 Å². The molecule has 4 heteroatoms. The quantitative estimate of drug-likeness (QED) is 0.649. The Hall–Kier alpha value is -1.05. The molecule has 0 aromatic rings. The molecule has 1 amide bonds. The van der Waals surface area contributed by atoms with Crippen LogP contribution in [-0.2, 0) is 4.79 Å². The monoisotopic (exact) mass is 223 g/mol. The molecule has 0 aliphatic carbocycles. The Labute approximate surface area is 97.6 Å². The molecule has 0 aromatic carbocycles. The van der Waals surface area contributed by atoms with Gasteiger partial charge >= 0.3 is 0 Å². The Morgan fingerprint density at radius 1 is 1.75 bits per heavy atom. The van der Waals surface area contributed by atoms with Gasteiger partial charge in [0, 0.05) is 19.5 Å². The number of rotatable bonds is 4. The minimum absolute atomic E-state index is 0.133. The first-order valence-electron chi connectivity index (χ1n) is 5.78. The number of hydrogen-bond acceptors (Lipinski definition) is 3. The second kappa shape index (κ2) is 6.51. The van der Waals surface area contributed by atoms with Crippen LogP contribution in [0.15, 0.2) is 0 Å². The summed E-state index contributed by atoms with van der Waals surface area (Å²) in [5.41, 5.74) is 5.61. The Balaban J connectivity index is 2.23. The van der Waals surface area contributed by atoms with E-state index in [0.29, 0.717) is 18.9 Å². The van der Waals surface area contributed by atoms with Crippen molar-refractivity contribution in [3.63, 3.8) is 0 Å². The molecule has 2 unspecified atom stereocenters. The number of carbonyl (C=O) groups excluding carboxylic acids is 1. The van der Waals surface area contributed by atoms with Gasteiger partial charge in [-0.1, -0.05) is 0 Å². The predicted octanol–water partition coefficient (Wildman–Crippen LogP) is -0.205. The molecule has 1 aliphatic heterocycles. The second-order valence-electron chi connectivity index (χ2n) is 4.53. The lowest BCUT2D eigenvalue weighted by atomic mass is 9.98. The van der Waals surface area contributed by atoms with Gasteiger partial charge in [0.25, 0.3) is 0 Å². The zero-order valence-corrected chi connectivity index (χ0v) is 9.91. The molecule has 0 saturated carbocycles. The Kier molecular flexibility index (Phi) is 5.30. The summed E-state index contributed by atoms with van der Waals surface area (Å²) >= 11 is 0. The number of nitrogens with zero attached hydrogens (tertiary/aromatic N) is 1. The van der Waals surface area contributed by atoms with Crippen molar-refractivity contribution in [2.45, 2.75) is 25.3 Å². The predicted molar refractivity (Wildman–Crippen MR) is 64.7 cm³/mol. The van der Waals surface area contributed by atoms with E-state index >= 15 is 0 Å². The molecule has 2 atom stereocenters. The van der Waals surface area contributed by atoms with Crippen LogP contribution in [-0.4, -0.2) is 43.5 Å². The molecule has 0 spiro atoms. The third kappa shape index (κ3) is 4.21. The van der Waals surface area contributed by atoms with Gasteiger partial charge in [-0.2, -0.15) is 0 Å². The highest BCUT2D eigenvalue weighted by molar-refractivity contribution is 5.81. The van der Waals surface area contributed by atoms with Crippen LogP contribution in [0, 0.1) is 18.3 Å². The lowest BCUT2D eigenvalue weighted by Gasteiger charge is -2.29. The molecule has 1 rings (SSSR count). The molecule has 90 valence electrons. The smallest absolute Gasteiger partial charge is 0.237 e. The summed E-state index contributed by atoms with van der Waals surface area (Å²) in [7, 11) is 2.11. The van der Waals surface area contributed by atoms with Gasteiger partial charge in [0.1, 0.15) is 0 Å². The normalized spacial score (nSPS) is 23.4. The van der Waals surface area contributed by atoms with E-state index in [4.69, 9.17) is 12.2 Å². The molecule has 0 radical (unpaired) electrons. The third-order valence-electron chi connectivity index (χ3n) is 2.96. The molecule has 4 nitrogen and oxygen atoms in total. The van der Waals surface area contributed by atoms with Crippen LogP contribution in [0.3, 0.4) is 0 Å². The van der Waals surface area contributed by atoms with Crippen LogP contribution in [0.5, 0.6) is 0 Å². The van der Waals surface area contributed by atoms with Crippen molar-refractivity contribution in [3.8, 4) is 12.3 Å². The molecule has 1 aliphatic rings. The first-order valence-corrected chi connectivity index (χ1v) is 5.78. The van der Waals surface area contributed by atoms with Gasteiger partial charge < -0.3 is 16.0 Å². The van der Waals surface area contributed by atoms with E-state index in [9.17, 15) is 4.79 Å². The van der Waals surface area contributed by atoms with Gasteiger partial charge in [0.05, 0.1) is 6.04 Å². The van der Waals surface area contributed by atoms with Crippen molar-refractivity contribution in [1.29, 1.82) is 0 Å². The highest BCUT2D eigenvalue weighted by Gasteiger charge is 2.19. The van der Waals surface area contributed by atoms with Crippen LogP contribution in [0.2, 0.25) is 0 Å².